The van der Waals surface area contributed by atoms with E-state index in [1.807, 2.05) is 0 Å². The Kier molecular flexibility index (Phi) is 3.01. The molecule has 4 rings (SSSR count). The highest BCUT2D eigenvalue weighted by Gasteiger charge is 2.43. The predicted octanol–water partition coefficient (Wildman–Crippen LogP) is 2.48. The lowest BCUT2D eigenvalue weighted by Gasteiger charge is -2.34. The van der Waals surface area contributed by atoms with E-state index in [2.05, 4.69) is 79.1 Å². The van der Waals surface area contributed by atoms with Crippen LogP contribution in [0.15, 0.2) is 52.2 Å². The lowest BCUT2D eigenvalue weighted by atomic mass is 10.1. The van der Waals surface area contributed by atoms with Crippen LogP contribution in [0, 0.1) is 0 Å². The number of aliphatic imine (C=N–C) groups is 2. The third kappa shape index (κ3) is 2.31. The van der Waals surface area contributed by atoms with Crippen LogP contribution in [0.25, 0.3) is 0 Å². The molecule has 1 aromatic carbocycles. The Morgan fingerprint density at radius 2 is 1.96 bits per heavy atom. The van der Waals surface area contributed by atoms with Gasteiger partial charge in [-0.1, -0.05) is 30.3 Å². The summed E-state index contributed by atoms with van der Waals surface area (Å²) in [6.07, 6.45) is 2.31. The summed E-state index contributed by atoms with van der Waals surface area (Å²) in [5, 5.41) is 0. The molecule has 1 unspecified atom stereocenters. The molecule has 5 heteroatoms. The van der Waals surface area contributed by atoms with Gasteiger partial charge in [0.1, 0.15) is 6.17 Å². The summed E-state index contributed by atoms with van der Waals surface area (Å²) in [5.74, 6) is 2.07. The van der Waals surface area contributed by atoms with E-state index < -0.39 is 0 Å². The quantitative estimate of drug-likeness (QED) is 0.842. The summed E-state index contributed by atoms with van der Waals surface area (Å²) in [6.45, 7) is 8.26. The van der Waals surface area contributed by atoms with Crippen molar-refractivity contribution in [3.63, 3.8) is 0 Å². The van der Waals surface area contributed by atoms with Crippen molar-refractivity contribution in [3.8, 4) is 0 Å². The maximum Gasteiger partial charge on any atom is 0.206 e. The molecule has 5 nitrogen and oxygen atoms in total. The fraction of sp³-hybridized carbons (Fsp3) is 0.444. The van der Waals surface area contributed by atoms with Gasteiger partial charge in [-0.3, -0.25) is 4.90 Å². The molecule has 0 amide bonds. The van der Waals surface area contributed by atoms with Crippen LogP contribution in [0.3, 0.4) is 0 Å². The summed E-state index contributed by atoms with van der Waals surface area (Å²) in [5.41, 5.74) is 2.44. The second-order valence-electron chi connectivity index (χ2n) is 7.13. The van der Waals surface area contributed by atoms with Crippen molar-refractivity contribution in [1.82, 2.24) is 14.7 Å². The predicted molar refractivity (Wildman–Crippen MR) is 92.9 cm³/mol. The standard InChI is InChI=1S/C18H23N5/c1-13-19-16-15(22(13)10-14-8-6-5-7-9-14)11-21(4)17-20-18(2,3)12-23(16)17/h5-9,11,13H,10,12H2,1-4H3. The minimum Gasteiger partial charge on any atom is -0.341 e. The fourth-order valence-electron chi connectivity index (χ4n) is 3.48. The molecule has 0 aromatic heterocycles. The van der Waals surface area contributed by atoms with Crippen LogP contribution in [0.1, 0.15) is 26.3 Å². The molecule has 1 aromatic rings. The van der Waals surface area contributed by atoms with Crippen molar-refractivity contribution in [2.24, 2.45) is 9.98 Å². The maximum atomic E-state index is 4.92. The van der Waals surface area contributed by atoms with Crippen molar-refractivity contribution in [2.75, 3.05) is 13.6 Å². The number of amidine groups is 1. The van der Waals surface area contributed by atoms with E-state index in [4.69, 9.17) is 9.98 Å². The van der Waals surface area contributed by atoms with E-state index in [9.17, 15) is 0 Å². The second kappa shape index (κ2) is 4.85. The molecule has 23 heavy (non-hydrogen) atoms. The molecular weight excluding hydrogens is 286 g/mol. The van der Waals surface area contributed by atoms with Crippen LogP contribution in [-0.4, -0.2) is 51.8 Å². The van der Waals surface area contributed by atoms with Gasteiger partial charge in [-0.2, -0.15) is 0 Å². The van der Waals surface area contributed by atoms with Gasteiger partial charge in [0.05, 0.1) is 17.8 Å². The zero-order valence-corrected chi connectivity index (χ0v) is 14.2. The Hall–Kier alpha value is -2.30. The van der Waals surface area contributed by atoms with Crippen molar-refractivity contribution < 1.29 is 0 Å². The van der Waals surface area contributed by atoms with E-state index in [0.717, 1.165) is 24.9 Å². The van der Waals surface area contributed by atoms with Gasteiger partial charge in [0.25, 0.3) is 0 Å². The number of hydrogen-bond acceptors (Lipinski definition) is 5. The van der Waals surface area contributed by atoms with Crippen LogP contribution in [0.2, 0.25) is 0 Å². The Balaban J connectivity index is 1.67. The second-order valence-corrected chi connectivity index (χ2v) is 7.13. The Bertz CT molecular complexity index is 716. The Morgan fingerprint density at radius 3 is 2.70 bits per heavy atom. The average Bonchev–Trinajstić information content (AvgIpc) is 2.99. The Labute approximate surface area is 137 Å². The first-order chi connectivity index (χ1) is 10.9. The van der Waals surface area contributed by atoms with Crippen LogP contribution < -0.4 is 0 Å². The molecule has 120 valence electrons. The molecule has 0 saturated heterocycles. The van der Waals surface area contributed by atoms with E-state index in [1.165, 1.54) is 11.3 Å². The third-order valence-electron chi connectivity index (χ3n) is 4.57. The summed E-state index contributed by atoms with van der Waals surface area (Å²) in [4.78, 5) is 16.5. The summed E-state index contributed by atoms with van der Waals surface area (Å²) < 4.78 is 0. The summed E-state index contributed by atoms with van der Waals surface area (Å²) in [7, 11) is 2.07. The van der Waals surface area contributed by atoms with Crippen molar-refractivity contribution in [2.45, 2.75) is 39.0 Å². The minimum absolute atomic E-state index is 0.0640. The van der Waals surface area contributed by atoms with Gasteiger partial charge in [-0.25, -0.2) is 9.98 Å². The number of fused-ring (bicyclic) bond motifs is 3. The van der Waals surface area contributed by atoms with Gasteiger partial charge in [0, 0.05) is 19.8 Å². The lowest BCUT2D eigenvalue weighted by molar-refractivity contribution is 0.292. The van der Waals surface area contributed by atoms with Crippen LogP contribution >= 0.6 is 0 Å². The maximum absolute atomic E-state index is 4.92. The van der Waals surface area contributed by atoms with Gasteiger partial charge >= 0.3 is 0 Å². The minimum atomic E-state index is -0.0640. The van der Waals surface area contributed by atoms with Crippen LogP contribution in [-0.2, 0) is 6.54 Å². The Morgan fingerprint density at radius 1 is 1.22 bits per heavy atom. The molecule has 3 heterocycles. The van der Waals surface area contributed by atoms with Gasteiger partial charge < -0.3 is 9.80 Å². The summed E-state index contributed by atoms with van der Waals surface area (Å²) >= 11 is 0. The van der Waals surface area contributed by atoms with Crippen molar-refractivity contribution in [1.29, 1.82) is 0 Å². The van der Waals surface area contributed by atoms with E-state index in [1.54, 1.807) is 0 Å². The zero-order valence-electron chi connectivity index (χ0n) is 14.2. The molecule has 0 aliphatic carbocycles. The normalized spacial score (nSPS) is 25.0. The molecule has 0 spiro atoms. The first-order valence-corrected chi connectivity index (χ1v) is 8.15. The first kappa shape index (κ1) is 14.3. The number of guanidine groups is 1. The van der Waals surface area contributed by atoms with Crippen LogP contribution in [0.5, 0.6) is 0 Å². The molecule has 0 bridgehead atoms. The highest BCUT2D eigenvalue weighted by molar-refractivity contribution is 6.12. The number of hydrogen-bond donors (Lipinski definition) is 0. The third-order valence-corrected chi connectivity index (χ3v) is 4.57. The molecule has 3 aliphatic heterocycles. The molecule has 1 atom stereocenters. The van der Waals surface area contributed by atoms with Crippen molar-refractivity contribution in [3.05, 3.63) is 47.8 Å². The molecule has 0 saturated carbocycles. The molecule has 3 aliphatic rings. The highest BCUT2D eigenvalue weighted by Crippen LogP contribution is 2.33. The van der Waals surface area contributed by atoms with E-state index >= 15 is 0 Å². The van der Waals surface area contributed by atoms with Gasteiger partial charge in [0.2, 0.25) is 5.96 Å². The molecule has 0 radical (unpaired) electrons. The topological polar surface area (TPSA) is 34.4 Å². The molecule has 0 fully saturated rings. The van der Waals surface area contributed by atoms with Crippen molar-refractivity contribution >= 4 is 11.8 Å². The summed E-state index contributed by atoms with van der Waals surface area (Å²) in [6, 6.07) is 10.6. The first-order valence-electron chi connectivity index (χ1n) is 8.15. The average molecular weight is 309 g/mol. The molecule has 0 N–H and O–H groups in total. The largest absolute Gasteiger partial charge is 0.341 e. The smallest absolute Gasteiger partial charge is 0.206 e. The van der Waals surface area contributed by atoms with E-state index in [-0.39, 0.29) is 11.7 Å². The van der Waals surface area contributed by atoms with Gasteiger partial charge in [-0.15, -0.1) is 0 Å². The van der Waals surface area contributed by atoms with E-state index in [0.29, 0.717) is 0 Å². The van der Waals surface area contributed by atoms with Gasteiger partial charge in [-0.05, 0) is 26.3 Å². The van der Waals surface area contributed by atoms with Crippen LogP contribution in [0.4, 0.5) is 0 Å². The lowest BCUT2D eigenvalue weighted by Crippen LogP contribution is -2.48. The molecular formula is C18H23N5. The SMILES string of the molecule is CC1N=C2C(=CN(C)C3=NC(C)(C)CN23)N1Cc1ccccc1. The number of rotatable bonds is 2. The zero-order chi connectivity index (χ0) is 16.2. The van der Waals surface area contributed by atoms with Gasteiger partial charge in [0.15, 0.2) is 5.84 Å². The number of nitrogens with zero attached hydrogens (tertiary/aromatic N) is 5. The number of benzene rings is 1. The highest BCUT2D eigenvalue weighted by atomic mass is 15.5. The fourth-order valence-corrected chi connectivity index (χ4v) is 3.48. The monoisotopic (exact) mass is 309 g/mol.